The molecule has 1 aromatic rings. The summed E-state index contributed by atoms with van der Waals surface area (Å²) in [6, 6.07) is 9.96. The number of nitrogens with zero attached hydrogens (tertiary/aromatic N) is 3. The van der Waals surface area contributed by atoms with E-state index >= 15 is 0 Å². The number of piperazine rings is 1. The molecule has 0 bridgehead atoms. The Kier molecular flexibility index (Phi) is 5.32. The first-order valence-electron chi connectivity index (χ1n) is 7.24. The van der Waals surface area contributed by atoms with Crippen LogP contribution in [0.4, 0.5) is 0 Å². The molecule has 1 aromatic carbocycles. The summed E-state index contributed by atoms with van der Waals surface area (Å²) in [5.41, 5.74) is 1.97. The first-order valence-corrected chi connectivity index (χ1v) is 7.24. The fourth-order valence-electron chi connectivity index (χ4n) is 2.68. The Labute approximate surface area is 125 Å². The van der Waals surface area contributed by atoms with Gasteiger partial charge >= 0.3 is 5.97 Å². The van der Waals surface area contributed by atoms with Crippen molar-refractivity contribution in [2.45, 2.75) is 25.9 Å². The summed E-state index contributed by atoms with van der Waals surface area (Å²) in [6.07, 6.45) is 0.0710. The largest absolute Gasteiger partial charge is 0.481 e. The van der Waals surface area contributed by atoms with Crippen LogP contribution in [0.15, 0.2) is 24.3 Å². The summed E-state index contributed by atoms with van der Waals surface area (Å²) >= 11 is 0. The minimum atomic E-state index is -0.796. The number of carboxylic acids is 1. The number of aliphatic carboxylic acids is 1. The minimum Gasteiger partial charge on any atom is -0.481 e. The molecule has 0 aliphatic carbocycles. The van der Waals surface area contributed by atoms with Gasteiger partial charge in [0.15, 0.2) is 0 Å². The van der Waals surface area contributed by atoms with Gasteiger partial charge in [-0.15, -0.1) is 0 Å². The van der Waals surface area contributed by atoms with Crippen LogP contribution in [0.3, 0.4) is 0 Å². The third-order valence-electron chi connectivity index (χ3n) is 4.00. The van der Waals surface area contributed by atoms with E-state index in [1.165, 1.54) is 0 Å². The molecule has 5 nitrogen and oxygen atoms in total. The summed E-state index contributed by atoms with van der Waals surface area (Å²) in [6.45, 7) is 6.29. The van der Waals surface area contributed by atoms with E-state index in [9.17, 15) is 4.79 Å². The quantitative estimate of drug-likeness (QED) is 0.885. The molecule has 1 heterocycles. The Morgan fingerprint density at radius 2 is 1.90 bits per heavy atom. The van der Waals surface area contributed by atoms with Gasteiger partial charge in [-0.2, -0.15) is 5.26 Å². The zero-order valence-electron chi connectivity index (χ0n) is 12.3. The number of carboxylic acid groups (broad SMARTS) is 1. The Hall–Kier alpha value is -1.90. The maximum absolute atomic E-state index is 10.9. The van der Waals surface area contributed by atoms with Gasteiger partial charge in [-0.25, -0.2) is 0 Å². The van der Waals surface area contributed by atoms with E-state index < -0.39 is 5.97 Å². The fourth-order valence-corrected chi connectivity index (χ4v) is 2.68. The normalized spacial score (nSPS) is 18.1. The maximum Gasteiger partial charge on any atom is 0.307 e. The van der Waals surface area contributed by atoms with Gasteiger partial charge in [0.25, 0.3) is 0 Å². The topological polar surface area (TPSA) is 67.6 Å². The lowest BCUT2D eigenvalue weighted by atomic mass is 10.0. The lowest BCUT2D eigenvalue weighted by molar-refractivity contribution is -0.136. The van der Waals surface area contributed by atoms with Crippen LogP contribution in [0.25, 0.3) is 0 Å². The smallest absolute Gasteiger partial charge is 0.307 e. The molecule has 1 aliphatic heterocycles. The van der Waals surface area contributed by atoms with E-state index in [1.807, 2.05) is 31.2 Å². The van der Waals surface area contributed by atoms with Crippen LogP contribution < -0.4 is 0 Å². The van der Waals surface area contributed by atoms with Crippen molar-refractivity contribution >= 4 is 5.97 Å². The Bertz CT molecular complexity index is 531. The van der Waals surface area contributed by atoms with E-state index in [-0.39, 0.29) is 12.5 Å². The lowest BCUT2D eigenvalue weighted by Gasteiger charge is -2.36. The van der Waals surface area contributed by atoms with Crippen LogP contribution in [-0.4, -0.2) is 53.1 Å². The summed E-state index contributed by atoms with van der Waals surface area (Å²) in [7, 11) is 0. The van der Waals surface area contributed by atoms with Gasteiger partial charge in [-0.3, -0.25) is 14.6 Å². The molecule has 2 rings (SSSR count). The van der Waals surface area contributed by atoms with Crippen LogP contribution in [-0.2, 0) is 17.8 Å². The molecule has 1 aliphatic rings. The zero-order valence-corrected chi connectivity index (χ0v) is 12.3. The second kappa shape index (κ2) is 7.21. The summed E-state index contributed by atoms with van der Waals surface area (Å²) in [4.78, 5) is 15.4. The second-order valence-electron chi connectivity index (χ2n) is 5.46. The monoisotopic (exact) mass is 287 g/mol. The van der Waals surface area contributed by atoms with Gasteiger partial charge in [-0.1, -0.05) is 24.3 Å². The van der Waals surface area contributed by atoms with E-state index in [0.29, 0.717) is 0 Å². The first kappa shape index (κ1) is 15.5. The van der Waals surface area contributed by atoms with E-state index in [1.54, 1.807) is 0 Å². The predicted octanol–water partition coefficient (Wildman–Crippen LogP) is 1.34. The molecule has 1 atom stereocenters. The van der Waals surface area contributed by atoms with Crippen molar-refractivity contribution in [3.8, 4) is 6.07 Å². The Morgan fingerprint density at radius 3 is 2.48 bits per heavy atom. The molecule has 0 saturated carbocycles. The molecular formula is C16H21N3O2. The Morgan fingerprint density at radius 1 is 1.29 bits per heavy atom. The predicted molar refractivity (Wildman–Crippen MR) is 79.7 cm³/mol. The third-order valence-corrected chi connectivity index (χ3v) is 4.00. The van der Waals surface area contributed by atoms with Gasteiger partial charge in [0.1, 0.15) is 0 Å². The number of benzene rings is 1. The second-order valence-corrected chi connectivity index (χ2v) is 5.46. The van der Waals surface area contributed by atoms with Crippen LogP contribution in [0.5, 0.6) is 0 Å². The highest BCUT2D eigenvalue weighted by atomic mass is 16.4. The van der Waals surface area contributed by atoms with Gasteiger partial charge in [-0.05, 0) is 18.1 Å². The number of carbonyl (C=O) groups is 1. The summed E-state index contributed by atoms with van der Waals surface area (Å²) in [5, 5.41) is 17.9. The maximum atomic E-state index is 10.9. The van der Waals surface area contributed by atoms with E-state index in [0.717, 1.165) is 43.9 Å². The first-order chi connectivity index (χ1) is 10.1. The molecule has 1 unspecified atom stereocenters. The average molecular weight is 287 g/mol. The molecule has 21 heavy (non-hydrogen) atoms. The molecule has 0 aromatic heterocycles. The summed E-state index contributed by atoms with van der Waals surface area (Å²) < 4.78 is 0. The van der Waals surface area contributed by atoms with E-state index in [2.05, 4.69) is 15.9 Å². The molecule has 1 saturated heterocycles. The van der Waals surface area contributed by atoms with Crippen molar-refractivity contribution in [3.63, 3.8) is 0 Å². The Balaban J connectivity index is 1.95. The van der Waals surface area contributed by atoms with Crippen LogP contribution in [0, 0.1) is 11.3 Å². The number of hydrogen-bond donors (Lipinski definition) is 1. The molecule has 0 radical (unpaired) electrons. The highest BCUT2D eigenvalue weighted by Crippen LogP contribution is 2.15. The number of rotatable bonds is 5. The van der Waals surface area contributed by atoms with Crippen molar-refractivity contribution in [1.82, 2.24) is 9.80 Å². The van der Waals surface area contributed by atoms with Gasteiger partial charge in [0, 0.05) is 32.7 Å². The van der Waals surface area contributed by atoms with Crippen molar-refractivity contribution in [2.75, 3.05) is 26.2 Å². The standard InChI is InChI=1S/C16H21N3O2/c1-13(11-17)19-8-6-18(7-9-19)12-15-5-3-2-4-14(15)10-16(20)21/h2-5,13H,6-10,12H2,1H3,(H,20,21). The molecular weight excluding hydrogens is 266 g/mol. The van der Waals surface area contributed by atoms with Crippen LogP contribution >= 0.6 is 0 Å². The third kappa shape index (κ3) is 4.28. The van der Waals surface area contributed by atoms with E-state index in [4.69, 9.17) is 10.4 Å². The lowest BCUT2D eigenvalue weighted by Crippen LogP contribution is -2.48. The highest BCUT2D eigenvalue weighted by Gasteiger charge is 2.21. The van der Waals surface area contributed by atoms with Crippen LogP contribution in [0.2, 0.25) is 0 Å². The zero-order chi connectivity index (χ0) is 15.2. The molecule has 1 N–H and O–H groups in total. The minimum absolute atomic E-state index is 0.0357. The fraction of sp³-hybridized carbons (Fsp3) is 0.500. The molecule has 112 valence electrons. The van der Waals surface area contributed by atoms with Crippen molar-refractivity contribution < 1.29 is 9.90 Å². The van der Waals surface area contributed by atoms with Crippen molar-refractivity contribution in [2.24, 2.45) is 0 Å². The van der Waals surface area contributed by atoms with Crippen molar-refractivity contribution in [1.29, 1.82) is 5.26 Å². The number of nitriles is 1. The van der Waals surface area contributed by atoms with Gasteiger partial charge in [0.05, 0.1) is 18.5 Å². The van der Waals surface area contributed by atoms with Gasteiger partial charge < -0.3 is 5.11 Å². The molecule has 5 heteroatoms. The molecule has 0 amide bonds. The SMILES string of the molecule is CC(C#N)N1CCN(Cc2ccccc2CC(=O)O)CC1. The van der Waals surface area contributed by atoms with Crippen LogP contribution in [0.1, 0.15) is 18.1 Å². The highest BCUT2D eigenvalue weighted by molar-refractivity contribution is 5.70. The summed E-state index contributed by atoms with van der Waals surface area (Å²) in [5.74, 6) is -0.796. The average Bonchev–Trinajstić information content (AvgIpc) is 2.49. The molecule has 1 fully saturated rings. The molecule has 0 spiro atoms. The van der Waals surface area contributed by atoms with Gasteiger partial charge in [0.2, 0.25) is 0 Å². The van der Waals surface area contributed by atoms with Crippen molar-refractivity contribution in [3.05, 3.63) is 35.4 Å². The number of hydrogen-bond acceptors (Lipinski definition) is 4.